The largest absolute Gasteiger partial charge is 0.462 e. The smallest absolute Gasteiger partial charge is 0.338 e. The van der Waals surface area contributed by atoms with Crippen molar-refractivity contribution in [3.8, 4) is 0 Å². The Morgan fingerprint density at radius 3 is 2.71 bits per heavy atom. The lowest BCUT2D eigenvalue weighted by Gasteiger charge is -2.04. The molecule has 0 aliphatic heterocycles. The van der Waals surface area contributed by atoms with E-state index in [4.69, 9.17) is 14.6 Å². The van der Waals surface area contributed by atoms with Gasteiger partial charge in [-0.25, -0.2) is 9.78 Å². The van der Waals surface area contributed by atoms with E-state index in [1.54, 1.807) is 39.4 Å². The molecule has 0 aliphatic carbocycles. The van der Waals surface area contributed by atoms with Crippen LogP contribution >= 0.6 is 0 Å². The molecule has 1 heterocycles. The number of nitrogens with zero attached hydrogens (tertiary/aromatic N) is 2. The first-order chi connectivity index (χ1) is 10.2. The lowest BCUT2D eigenvalue weighted by Crippen LogP contribution is -2.05. The van der Waals surface area contributed by atoms with Crippen LogP contribution in [0.5, 0.6) is 0 Å². The highest BCUT2D eigenvalue weighted by molar-refractivity contribution is 5.93. The van der Waals surface area contributed by atoms with Crippen LogP contribution in [-0.4, -0.2) is 47.6 Å². The third-order valence-corrected chi connectivity index (χ3v) is 2.67. The van der Waals surface area contributed by atoms with Crippen LogP contribution < -0.4 is 0 Å². The fourth-order valence-electron chi connectivity index (χ4n) is 1.77. The maximum Gasteiger partial charge on any atom is 0.338 e. The summed E-state index contributed by atoms with van der Waals surface area (Å²) >= 11 is 0. The first-order valence-corrected chi connectivity index (χ1v) is 6.89. The molecular formula is C15H22N2O4. The summed E-state index contributed by atoms with van der Waals surface area (Å²) in [6, 6.07) is 5.38. The summed E-state index contributed by atoms with van der Waals surface area (Å²) in [6.07, 6.45) is 1.75. The number of hydrogen-bond acceptors (Lipinski definition) is 5. The average Bonchev–Trinajstić information content (AvgIpc) is 2.88. The Morgan fingerprint density at radius 2 is 2.10 bits per heavy atom. The Balaban J connectivity index is 0.000000677. The molecule has 1 aromatic heterocycles. The van der Waals surface area contributed by atoms with E-state index in [1.165, 1.54) is 0 Å². The summed E-state index contributed by atoms with van der Waals surface area (Å²) in [4.78, 5) is 15.9. The fraction of sp³-hybridized carbons (Fsp3) is 0.467. The number of aliphatic hydroxyl groups excluding tert-OH is 1. The molecule has 0 unspecified atom stereocenters. The number of benzene rings is 1. The predicted molar refractivity (Wildman–Crippen MR) is 80.3 cm³/mol. The van der Waals surface area contributed by atoms with E-state index >= 15 is 0 Å². The first-order valence-electron chi connectivity index (χ1n) is 6.89. The zero-order valence-electron chi connectivity index (χ0n) is 12.7. The normalized spacial score (nSPS) is 10.1. The molecular weight excluding hydrogens is 272 g/mol. The highest BCUT2D eigenvalue weighted by Crippen LogP contribution is 2.15. The van der Waals surface area contributed by atoms with Gasteiger partial charge in [-0.2, -0.15) is 0 Å². The van der Waals surface area contributed by atoms with E-state index in [-0.39, 0.29) is 12.6 Å². The minimum Gasteiger partial charge on any atom is -0.462 e. The van der Waals surface area contributed by atoms with Gasteiger partial charge in [0.15, 0.2) is 0 Å². The van der Waals surface area contributed by atoms with Gasteiger partial charge in [-0.05, 0) is 32.0 Å². The topological polar surface area (TPSA) is 73.6 Å². The second kappa shape index (κ2) is 9.10. The summed E-state index contributed by atoms with van der Waals surface area (Å²) in [6.45, 7) is 5.46. The molecule has 0 radical (unpaired) electrons. The van der Waals surface area contributed by atoms with Crippen LogP contribution in [0.2, 0.25) is 0 Å². The Morgan fingerprint density at radius 1 is 1.38 bits per heavy atom. The Hall–Kier alpha value is -1.92. The van der Waals surface area contributed by atoms with Gasteiger partial charge in [-0.3, -0.25) is 0 Å². The van der Waals surface area contributed by atoms with Crippen molar-refractivity contribution in [1.82, 2.24) is 9.55 Å². The molecule has 0 atom stereocenters. The molecule has 0 bridgehead atoms. The van der Waals surface area contributed by atoms with Crippen LogP contribution in [0.25, 0.3) is 11.0 Å². The van der Waals surface area contributed by atoms with Crippen molar-refractivity contribution in [2.45, 2.75) is 20.4 Å². The zero-order valence-corrected chi connectivity index (χ0v) is 12.7. The van der Waals surface area contributed by atoms with Crippen molar-refractivity contribution >= 4 is 17.0 Å². The van der Waals surface area contributed by atoms with Gasteiger partial charge in [0.1, 0.15) is 0 Å². The maximum atomic E-state index is 11.6. The molecule has 0 spiro atoms. The summed E-state index contributed by atoms with van der Waals surface area (Å²) < 4.78 is 12.0. The van der Waals surface area contributed by atoms with E-state index in [2.05, 4.69) is 4.98 Å². The van der Waals surface area contributed by atoms with Crippen molar-refractivity contribution in [2.75, 3.05) is 26.9 Å². The third-order valence-electron chi connectivity index (χ3n) is 2.67. The number of esters is 1. The van der Waals surface area contributed by atoms with Crippen molar-refractivity contribution in [2.24, 2.45) is 0 Å². The van der Waals surface area contributed by atoms with E-state index < -0.39 is 0 Å². The highest BCUT2D eigenvalue weighted by atomic mass is 16.5. The van der Waals surface area contributed by atoms with Gasteiger partial charge >= 0.3 is 5.97 Å². The number of hydrogen-bond donors (Lipinski definition) is 1. The second-order valence-electron chi connectivity index (χ2n) is 4.17. The molecule has 0 amide bonds. The van der Waals surface area contributed by atoms with E-state index in [0.29, 0.717) is 18.8 Å². The van der Waals surface area contributed by atoms with Gasteiger partial charge < -0.3 is 19.1 Å². The minimum atomic E-state index is -0.314. The van der Waals surface area contributed by atoms with E-state index in [0.717, 1.165) is 17.6 Å². The standard InChI is InChI=1S/C13H16N2O3.C2H6O/c1-3-18-13(16)10-4-5-12-11(8-10)14-9-15(12)6-7-17-2;1-2-3/h4-5,8-9H,3,6-7H2,1-2H3;3H,2H2,1H3. The first kappa shape index (κ1) is 17.1. The number of aromatic nitrogens is 2. The van der Waals surface area contributed by atoms with Crippen LogP contribution in [0.1, 0.15) is 24.2 Å². The average molecular weight is 294 g/mol. The third kappa shape index (κ3) is 4.84. The van der Waals surface area contributed by atoms with Gasteiger partial charge in [0, 0.05) is 20.3 Å². The van der Waals surface area contributed by atoms with Crippen LogP contribution in [-0.2, 0) is 16.0 Å². The Bertz CT molecular complexity index is 566. The molecule has 6 nitrogen and oxygen atoms in total. The van der Waals surface area contributed by atoms with Crippen molar-refractivity contribution in [3.63, 3.8) is 0 Å². The van der Waals surface area contributed by atoms with Gasteiger partial charge in [0.25, 0.3) is 0 Å². The molecule has 0 saturated carbocycles. The van der Waals surface area contributed by atoms with Crippen LogP contribution in [0.3, 0.4) is 0 Å². The predicted octanol–water partition coefficient (Wildman–Crippen LogP) is 1.86. The van der Waals surface area contributed by atoms with E-state index in [1.807, 2.05) is 10.6 Å². The quantitative estimate of drug-likeness (QED) is 0.852. The van der Waals surface area contributed by atoms with Crippen LogP contribution in [0.4, 0.5) is 0 Å². The molecule has 1 aromatic carbocycles. The lowest BCUT2D eigenvalue weighted by atomic mass is 10.2. The summed E-state index contributed by atoms with van der Waals surface area (Å²) in [7, 11) is 1.66. The number of methoxy groups -OCH3 is 1. The number of fused-ring (bicyclic) bond motifs is 1. The van der Waals surface area contributed by atoms with Gasteiger partial charge in [0.05, 0.1) is 36.1 Å². The van der Waals surface area contributed by atoms with E-state index in [9.17, 15) is 4.79 Å². The monoisotopic (exact) mass is 294 g/mol. The molecule has 0 fully saturated rings. The number of ether oxygens (including phenoxy) is 2. The molecule has 21 heavy (non-hydrogen) atoms. The summed E-state index contributed by atoms with van der Waals surface area (Å²) in [5, 5.41) is 7.57. The minimum absolute atomic E-state index is 0.250. The fourth-order valence-corrected chi connectivity index (χ4v) is 1.77. The van der Waals surface area contributed by atoms with Crippen molar-refractivity contribution < 1.29 is 19.4 Å². The number of carbonyl (C=O) groups excluding carboxylic acids is 1. The molecule has 2 aromatic rings. The molecule has 116 valence electrons. The molecule has 1 N–H and O–H groups in total. The SMILES string of the molecule is CCO.CCOC(=O)c1ccc2c(c1)ncn2CCOC. The Labute approximate surface area is 124 Å². The maximum absolute atomic E-state index is 11.6. The number of aliphatic hydroxyl groups is 1. The zero-order chi connectivity index (χ0) is 15.7. The van der Waals surface area contributed by atoms with Crippen LogP contribution in [0.15, 0.2) is 24.5 Å². The molecule has 6 heteroatoms. The lowest BCUT2D eigenvalue weighted by molar-refractivity contribution is 0.0526. The molecule has 0 saturated heterocycles. The number of rotatable bonds is 5. The van der Waals surface area contributed by atoms with Crippen molar-refractivity contribution in [3.05, 3.63) is 30.1 Å². The van der Waals surface area contributed by atoms with Crippen molar-refractivity contribution in [1.29, 1.82) is 0 Å². The van der Waals surface area contributed by atoms with Crippen LogP contribution in [0, 0.1) is 0 Å². The Kier molecular flexibility index (Phi) is 7.42. The molecule has 2 rings (SSSR count). The van der Waals surface area contributed by atoms with Gasteiger partial charge in [-0.15, -0.1) is 0 Å². The molecule has 0 aliphatic rings. The second-order valence-corrected chi connectivity index (χ2v) is 4.17. The summed E-state index contributed by atoms with van der Waals surface area (Å²) in [5.74, 6) is -0.314. The number of carbonyl (C=O) groups is 1. The summed E-state index contributed by atoms with van der Waals surface area (Å²) in [5.41, 5.74) is 2.30. The number of imidazole rings is 1. The van der Waals surface area contributed by atoms with Gasteiger partial charge in [0.2, 0.25) is 0 Å². The highest BCUT2D eigenvalue weighted by Gasteiger charge is 2.09. The van der Waals surface area contributed by atoms with Gasteiger partial charge in [-0.1, -0.05) is 0 Å².